The van der Waals surface area contributed by atoms with Gasteiger partial charge in [-0.15, -0.1) is 0 Å². The highest BCUT2D eigenvalue weighted by Gasteiger charge is 2.38. The summed E-state index contributed by atoms with van der Waals surface area (Å²) < 4.78 is 31.7. The third kappa shape index (κ3) is 11.9. The molecule has 0 aromatic heterocycles. The van der Waals surface area contributed by atoms with Crippen molar-refractivity contribution in [1.82, 2.24) is 5.32 Å². The number of carbonyl (C=O) groups excluding carboxylic acids is 1. The summed E-state index contributed by atoms with van der Waals surface area (Å²) in [5.74, 6) is -4.26. The summed E-state index contributed by atoms with van der Waals surface area (Å²) in [5.41, 5.74) is 10.9. The maximum Gasteiger partial charge on any atom is 0.490 e. The quantitative estimate of drug-likeness (QED) is 0.400. The number of carbonyl (C=O) groups is 3. The van der Waals surface area contributed by atoms with Gasteiger partial charge >= 0.3 is 18.1 Å². The van der Waals surface area contributed by atoms with Crippen molar-refractivity contribution in [2.45, 2.75) is 44.4 Å². The van der Waals surface area contributed by atoms with Gasteiger partial charge in [-0.25, -0.2) is 4.79 Å². The molecule has 2 atom stereocenters. The first-order valence-electron chi connectivity index (χ1n) is 6.22. The fourth-order valence-corrected chi connectivity index (χ4v) is 1.02. The minimum Gasteiger partial charge on any atom is -0.480 e. The van der Waals surface area contributed by atoms with Crippen molar-refractivity contribution in [3.63, 3.8) is 0 Å². The number of carboxylic acids is 2. The van der Waals surface area contributed by atoms with Gasteiger partial charge < -0.3 is 27.0 Å². The minimum atomic E-state index is -5.08. The summed E-state index contributed by atoms with van der Waals surface area (Å²) in [6.07, 6.45) is -2.97. The second-order valence-corrected chi connectivity index (χ2v) is 4.26. The van der Waals surface area contributed by atoms with Crippen LogP contribution in [0, 0.1) is 0 Å². The number of aliphatic carboxylic acids is 2. The molecular weight excluding hydrogens is 311 g/mol. The molecule has 0 radical (unpaired) electrons. The lowest BCUT2D eigenvalue weighted by molar-refractivity contribution is -0.192. The SMILES string of the molecule is C[C@H](NC(=O)[C@@H](N)CCCCN)C(=O)O.O=C(O)C(F)(F)F. The van der Waals surface area contributed by atoms with Crippen LogP contribution in [0.3, 0.4) is 0 Å². The van der Waals surface area contributed by atoms with E-state index in [1.807, 2.05) is 0 Å². The van der Waals surface area contributed by atoms with Gasteiger partial charge in [0.2, 0.25) is 5.91 Å². The molecule has 7 N–H and O–H groups in total. The van der Waals surface area contributed by atoms with Crippen LogP contribution in [0.15, 0.2) is 0 Å². The Labute approximate surface area is 124 Å². The van der Waals surface area contributed by atoms with Crippen LogP contribution in [0.25, 0.3) is 0 Å². The molecule has 0 rings (SSSR count). The van der Waals surface area contributed by atoms with Gasteiger partial charge in [0.05, 0.1) is 6.04 Å². The number of amides is 1. The van der Waals surface area contributed by atoms with E-state index in [2.05, 4.69) is 5.32 Å². The smallest absolute Gasteiger partial charge is 0.480 e. The molecule has 0 aromatic carbocycles. The van der Waals surface area contributed by atoms with Crippen LogP contribution in [0.4, 0.5) is 13.2 Å². The van der Waals surface area contributed by atoms with Crippen molar-refractivity contribution < 1.29 is 37.8 Å². The third-order valence-electron chi connectivity index (χ3n) is 2.28. The molecule has 0 aromatic rings. The Balaban J connectivity index is 0. The summed E-state index contributed by atoms with van der Waals surface area (Å²) in [5, 5.41) is 18.0. The third-order valence-corrected chi connectivity index (χ3v) is 2.28. The molecule has 0 fully saturated rings. The van der Waals surface area contributed by atoms with Gasteiger partial charge in [-0.2, -0.15) is 13.2 Å². The second-order valence-electron chi connectivity index (χ2n) is 4.26. The topological polar surface area (TPSA) is 156 Å². The number of unbranched alkanes of at least 4 members (excludes halogenated alkanes) is 1. The van der Waals surface area contributed by atoms with Crippen molar-refractivity contribution in [3.8, 4) is 0 Å². The molecule has 0 spiro atoms. The van der Waals surface area contributed by atoms with Gasteiger partial charge in [0, 0.05) is 0 Å². The molecule has 0 aliphatic rings. The van der Waals surface area contributed by atoms with E-state index >= 15 is 0 Å². The van der Waals surface area contributed by atoms with Gasteiger partial charge in [0.1, 0.15) is 6.04 Å². The standard InChI is InChI=1S/C9H19N3O3.C2HF3O2/c1-6(9(14)15)12-8(13)7(11)4-2-3-5-10;3-2(4,5)1(6)7/h6-7H,2-5,10-11H2,1H3,(H,12,13)(H,14,15);(H,6,7)/t6-,7-;/m0./s1. The van der Waals surface area contributed by atoms with Gasteiger partial charge in [0.15, 0.2) is 0 Å². The fourth-order valence-electron chi connectivity index (χ4n) is 1.02. The highest BCUT2D eigenvalue weighted by molar-refractivity contribution is 5.86. The van der Waals surface area contributed by atoms with Crippen molar-refractivity contribution in [2.24, 2.45) is 11.5 Å². The summed E-state index contributed by atoms with van der Waals surface area (Å²) in [6.45, 7) is 1.96. The molecule has 130 valence electrons. The second kappa shape index (κ2) is 10.8. The zero-order chi connectivity index (χ0) is 17.9. The molecular formula is C11H20F3N3O5. The van der Waals surface area contributed by atoms with Gasteiger partial charge in [-0.1, -0.05) is 6.42 Å². The first kappa shape index (κ1) is 22.4. The van der Waals surface area contributed by atoms with Crippen LogP contribution in [0.1, 0.15) is 26.2 Å². The largest absolute Gasteiger partial charge is 0.490 e. The average molecular weight is 331 g/mol. The van der Waals surface area contributed by atoms with Gasteiger partial charge in [-0.3, -0.25) is 9.59 Å². The minimum absolute atomic E-state index is 0.429. The van der Waals surface area contributed by atoms with Crippen molar-refractivity contribution in [3.05, 3.63) is 0 Å². The Bertz CT molecular complexity index is 376. The monoisotopic (exact) mass is 331 g/mol. The highest BCUT2D eigenvalue weighted by atomic mass is 19.4. The normalized spacial score (nSPS) is 13.4. The molecule has 0 aliphatic heterocycles. The lowest BCUT2D eigenvalue weighted by Crippen LogP contribution is -2.47. The van der Waals surface area contributed by atoms with E-state index in [0.29, 0.717) is 13.0 Å². The molecule has 11 heteroatoms. The lowest BCUT2D eigenvalue weighted by Gasteiger charge is -2.14. The van der Waals surface area contributed by atoms with Crippen LogP contribution in [-0.4, -0.2) is 52.9 Å². The molecule has 8 nitrogen and oxygen atoms in total. The first-order chi connectivity index (χ1) is 9.93. The van der Waals surface area contributed by atoms with Crippen LogP contribution >= 0.6 is 0 Å². The number of alkyl halides is 3. The highest BCUT2D eigenvalue weighted by Crippen LogP contribution is 2.13. The van der Waals surface area contributed by atoms with Crippen LogP contribution in [-0.2, 0) is 14.4 Å². The van der Waals surface area contributed by atoms with Crippen LogP contribution < -0.4 is 16.8 Å². The summed E-state index contributed by atoms with van der Waals surface area (Å²) >= 11 is 0. The lowest BCUT2D eigenvalue weighted by atomic mass is 10.1. The molecule has 0 saturated carbocycles. The Hall–Kier alpha value is -1.88. The Kier molecular flexibility index (Phi) is 11.0. The Morgan fingerprint density at radius 1 is 1.18 bits per heavy atom. The van der Waals surface area contributed by atoms with E-state index < -0.39 is 36.1 Å². The Morgan fingerprint density at radius 3 is 1.95 bits per heavy atom. The predicted octanol–water partition coefficient (Wildman–Crippen LogP) is -0.335. The molecule has 0 aliphatic carbocycles. The molecule has 1 amide bonds. The number of carboxylic acid groups (broad SMARTS) is 2. The first-order valence-corrected chi connectivity index (χ1v) is 6.22. The van der Waals surface area contributed by atoms with E-state index in [9.17, 15) is 22.8 Å². The van der Waals surface area contributed by atoms with Crippen molar-refractivity contribution in [1.29, 1.82) is 0 Å². The fraction of sp³-hybridized carbons (Fsp3) is 0.727. The van der Waals surface area contributed by atoms with Crippen molar-refractivity contribution in [2.75, 3.05) is 6.54 Å². The summed E-state index contributed by atoms with van der Waals surface area (Å²) in [6, 6.07) is -1.56. The summed E-state index contributed by atoms with van der Waals surface area (Å²) in [7, 11) is 0. The molecule has 0 heterocycles. The number of hydrogen-bond acceptors (Lipinski definition) is 5. The van der Waals surface area contributed by atoms with E-state index in [4.69, 9.17) is 26.5 Å². The number of nitrogens with one attached hydrogen (secondary N) is 1. The van der Waals surface area contributed by atoms with Gasteiger partial charge in [-0.05, 0) is 26.3 Å². The maximum absolute atomic E-state index is 11.3. The molecule has 0 saturated heterocycles. The summed E-state index contributed by atoms with van der Waals surface area (Å²) in [4.78, 5) is 30.7. The number of nitrogens with two attached hydrogens (primary N) is 2. The van der Waals surface area contributed by atoms with Crippen molar-refractivity contribution >= 4 is 17.8 Å². The number of rotatable bonds is 7. The zero-order valence-corrected chi connectivity index (χ0v) is 11.9. The molecule has 0 unspecified atom stereocenters. The predicted molar refractivity (Wildman–Crippen MR) is 69.8 cm³/mol. The number of halogens is 3. The maximum atomic E-state index is 11.3. The zero-order valence-electron chi connectivity index (χ0n) is 11.9. The van der Waals surface area contributed by atoms with Crippen LogP contribution in [0.5, 0.6) is 0 Å². The Morgan fingerprint density at radius 2 is 1.64 bits per heavy atom. The van der Waals surface area contributed by atoms with E-state index in [1.165, 1.54) is 6.92 Å². The van der Waals surface area contributed by atoms with Gasteiger partial charge in [0.25, 0.3) is 0 Å². The number of hydrogen-bond donors (Lipinski definition) is 5. The van der Waals surface area contributed by atoms with Crippen LogP contribution in [0.2, 0.25) is 0 Å². The molecule has 22 heavy (non-hydrogen) atoms. The molecule has 0 bridgehead atoms. The van der Waals surface area contributed by atoms with E-state index in [1.54, 1.807) is 0 Å². The van der Waals surface area contributed by atoms with E-state index in [-0.39, 0.29) is 0 Å². The van der Waals surface area contributed by atoms with E-state index in [0.717, 1.165) is 12.8 Å². The average Bonchev–Trinajstić information content (AvgIpc) is 2.38.